The van der Waals surface area contributed by atoms with Crippen molar-refractivity contribution in [3.8, 4) is 11.4 Å². The maximum absolute atomic E-state index is 12.7. The largest absolute Gasteiger partial charge is 0.337 e. The molecule has 3 heterocycles. The van der Waals surface area contributed by atoms with Gasteiger partial charge in [-0.15, -0.1) is 10.2 Å². The molecule has 8 heteroatoms. The molecule has 0 saturated carbocycles. The van der Waals surface area contributed by atoms with Crippen LogP contribution in [0.5, 0.6) is 0 Å². The highest BCUT2D eigenvalue weighted by Gasteiger charge is 2.33. The van der Waals surface area contributed by atoms with E-state index in [2.05, 4.69) is 20.3 Å². The minimum absolute atomic E-state index is 0.0787. The van der Waals surface area contributed by atoms with Crippen molar-refractivity contribution in [3.05, 3.63) is 48.4 Å². The van der Waals surface area contributed by atoms with Gasteiger partial charge >= 0.3 is 0 Å². The topological polar surface area (TPSA) is 89.9 Å². The fourth-order valence-electron chi connectivity index (χ4n) is 3.29. The Kier molecular flexibility index (Phi) is 4.47. The molecule has 4 rings (SSSR count). The zero-order valence-corrected chi connectivity index (χ0v) is 14.6. The van der Waals surface area contributed by atoms with Crippen LogP contribution in [-0.4, -0.2) is 42.3 Å². The fourth-order valence-corrected chi connectivity index (χ4v) is 3.29. The van der Waals surface area contributed by atoms with Gasteiger partial charge in [0.05, 0.1) is 0 Å². The zero-order chi connectivity index (χ0) is 17.9. The molecule has 0 radical (unpaired) electrons. The number of carbonyl (C=O) groups is 1. The molecule has 0 spiro atoms. The minimum Gasteiger partial charge on any atom is -0.337 e. The van der Waals surface area contributed by atoms with Crippen molar-refractivity contribution in [2.24, 2.45) is 7.05 Å². The predicted molar refractivity (Wildman–Crippen MR) is 92.7 cm³/mol. The fraction of sp³-hybridized carbons (Fsp3) is 0.389. The smallest absolute Gasteiger partial charge is 0.249 e. The van der Waals surface area contributed by atoms with Crippen molar-refractivity contribution in [1.82, 2.24) is 29.8 Å². The molecule has 0 aliphatic carbocycles. The number of aryl methyl sites for hydroxylation is 2. The standard InChI is InChI=1S/C18H20N6O2/c1-23-12-19-21-15(23)9-10-16(25)24-11-5-8-14(24)18-20-17(22-26-18)13-6-3-2-4-7-13/h2-4,6-7,12,14H,5,8-11H2,1H3. The van der Waals surface area contributed by atoms with E-state index >= 15 is 0 Å². The van der Waals surface area contributed by atoms with Crippen molar-refractivity contribution in [2.45, 2.75) is 31.7 Å². The third-order valence-electron chi connectivity index (χ3n) is 4.70. The Balaban J connectivity index is 1.45. The van der Waals surface area contributed by atoms with Gasteiger partial charge in [0.1, 0.15) is 18.2 Å². The van der Waals surface area contributed by atoms with E-state index in [1.54, 1.807) is 6.33 Å². The van der Waals surface area contributed by atoms with Crippen LogP contribution in [0, 0.1) is 0 Å². The summed E-state index contributed by atoms with van der Waals surface area (Å²) in [5.74, 6) is 1.94. The summed E-state index contributed by atoms with van der Waals surface area (Å²) in [6, 6.07) is 9.54. The molecule has 1 unspecified atom stereocenters. The molecule has 134 valence electrons. The number of hydrogen-bond acceptors (Lipinski definition) is 6. The van der Waals surface area contributed by atoms with Crippen LogP contribution in [0.15, 0.2) is 41.2 Å². The highest BCUT2D eigenvalue weighted by atomic mass is 16.5. The van der Waals surface area contributed by atoms with Gasteiger partial charge in [-0.25, -0.2) is 0 Å². The lowest BCUT2D eigenvalue weighted by molar-refractivity contribution is -0.132. The van der Waals surface area contributed by atoms with Crippen molar-refractivity contribution in [1.29, 1.82) is 0 Å². The highest BCUT2D eigenvalue weighted by Crippen LogP contribution is 2.32. The summed E-state index contributed by atoms with van der Waals surface area (Å²) in [6.07, 6.45) is 4.37. The molecule has 1 amide bonds. The van der Waals surface area contributed by atoms with E-state index in [-0.39, 0.29) is 11.9 Å². The Morgan fingerprint density at radius 2 is 2.15 bits per heavy atom. The monoisotopic (exact) mass is 352 g/mol. The van der Waals surface area contributed by atoms with E-state index in [0.717, 1.165) is 24.2 Å². The van der Waals surface area contributed by atoms with Gasteiger partial charge in [0.25, 0.3) is 0 Å². The average molecular weight is 352 g/mol. The van der Waals surface area contributed by atoms with Crippen LogP contribution in [0.25, 0.3) is 11.4 Å². The molecular weight excluding hydrogens is 332 g/mol. The predicted octanol–water partition coefficient (Wildman–Crippen LogP) is 2.16. The van der Waals surface area contributed by atoms with Gasteiger partial charge in [-0.05, 0) is 12.8 Å². The first-order valence-corrected chi connectivity index (χ1v) is 8.74. The second-order valence-electron chi connectivity index (χ2n) is 6.43. The van der Waals surface area contributed by atoms with Crippen LogP contribution in [0.1, 0.15) is 37.0 Å². The van der Waals surface area contributed by atoms with E-state index in [9.17, 15) is 4.79 Å². The molecule has 1 aliphatic heterocycles. The Morgan fingerprint density at radius 1 is 1.31 bits per heavy atom. The van der Waals surface area contributed by atoms with E-state index < -0.39 is 0 Å². The summed E-state index contributed by atoms with van der Waals surface area (Å²) < 4.78 is 7.30. The molecule has 8 nitrogen and oxygen atoms in total. The number of hydrogen-bond donors (Lipinski definition) is 0. The molecule has 1 aromatic carbocycles. The van der Waals surface area contributed by atoms with Gasteiger partial charge in [0.15, 0.2) is 0 Å². The normalized spacial score (nSPS) is 17.0. The molecule has 0 bridgehead atoms. The quantitative estimate of drug-likeness (QED) is 0.699. The molecule has 1 fully saturated rings. The second kappa shape index (κ2) is 7.07. The highest BCUT2D eigenvalue weighted by molar-refractivity contribution is 5.77. The molecule has 0 N–H and O–H groups in total. The summed E-state index contributed by atoms with van der Waals surface area (Å²) in [5, 5.41) is 12.0. The van der Waals surface area contributed by atoms with Crippen molar-refractivity contribution < 1.29 is 9.32 Å². The van der Waals surface area contributed by atoms with Gasteiger partial charge in [0, 0.05) is 32.0 Å². The van der Waals surface area contributed by atoms with Crippen LogP contribution >= 0.6 is 0 Å². The molecule has 3 aromatic rings. The first kappa shape index (κ1) is 16.4. The Labute approximate surface area is 150 Å². The molecule has 1 atom stereocenters. The molecule has 1 aliphatic rings. The van der Waals surface area contributed by atoms with Crippen LogP contribution < -0.4 is 0 Å². The van der Waals surface area contributed by atoms with Gasteiger partial charge < -0.3 is 14.0 Å². The minimum atomic E-state index is -0.146. The van der Waals surface area contributed by atoms with Crippen LogP contribution in [0.2, 0.25) is 0 Å². The number of carbonyl (C=O) groups excluding carboxylic acids is 1. The lowest BCUT2D eigenvalue weighted by Gasteiger charge is -2.21. The summed E-state index contributed by atoms with van der Waals surface area (Å²) >= 11 is 0. The van der Waals surface area contributed by atoms with Gasteiger partial charge in [0.2, 0.25) is 17.6 Å². The van der Waals surface area contributed by atoms with Gasteiger partial charge in [-0.2, -0.15) is 4.98 Å². The van der Waals surface area contributed by atoms with Crippen LogP contribution in [-0.2, 0) is 18.3 Å². The SMILES string of the molecule is Cn1cnnc1CCC(=O)N1CCCC1c1nc(-c2ccccc2)no1. The molecule has 1 saturated heterocycles. The molecule has 2 aromatic heterocycles. The number of amides is 1. The van der Waals surface area contributed by atoms with E-state index in [4.69, 9.17) is 4.52 Å². The van der Waals surface area contributed by atoms with E-state index in [0.29, 0.717) is 31.1 Å². The maximum atomic E-state index is 12.7. The average Bonchev–Trinajstić information content (AvgIpc) is 3.40. The Morgan fingerprint density at radius 3 is 2.92 bits per heavy atom. The van der Waals surface area contributed by atoms with Gasteiger partial charge in [-0.1, -0.05) is 35.5 Å². The lowest BCUT2D eigenvalue weighted by Crippen LogP contribution is -2.31. The number of likely N-dealkylation sites (tertiary alicyclic amines) is 1. The van der Waals surface area contributed by atoms with Crippen LogP contribution in [0.3, 0.4) is 0 Å². The van der Waals surface area contributed by atoms with Crippen molar-refractivity contribution in [3.63, 3.8) is 0 Å². The zero-order valence-electron chi connectivity index (χ0n) is 14.6. The maximum Gasteiger partial charge on any atom is 0.249 e. The van der Waals surface area contributed by atoms with E-state index in [1.165, 1.54) is 0 Å². The van der Waals surface area contributed by atoms with Crippen LogP contribution in [0.4, 0.5) is 0 Å². The summed E-state index contributed by atoms with van der Waals surface area (Å²) in [5.41, 5.74) is 0.903. The number of benzene rings is 1. The van der Waals surface area contributed by atoms with Crippen molar-refractivity contribution in [2.75, 3.05) is 6.54 Å². The summed E-state index contributed by atoms with van der Waals surface area (Å²) in [4.78, 5) is 19.1. The first-order chi connectivity index (χ1) is 12.7. The Bertz CT molecular complexity index is 888. The number of nitrogens with zero attached hydrogens (tertiary/aromatic N) is 6. The number of rotatable bonds is 5. The first-order valence-electron chi connectivity index (χ1n) is 8.74. The molecular formula is C18H20N6O2. The summed E-state index contributed by atoms with van der Waals surface area (Å²) in [7, 11) is 1.88. The second-order valence-corrected chi connectivity index (χ2v) is 6.43. The Hall–Kier alpha value is -3.03. The van der Waals surface area contributed by atoms with E-state index in [1.807, 2.05) is 46.8 Å². The third-order valence-corrected chi connectivity index (χ3v) is 4.70. The van der Waals surface area contributed by atoms with Gasteiger partial charge in [-0.3, -0.25) is 4.79 Å². The third kappa shape index (κ3) is 3.22. The molecule has 26 heavy (non-hydrogen) atoms. The summed E-state index contributed by atoms with van der Waals surface area (Å²) in [6.45, 7) is 0.714. The number of aromatic nitrogens is 5. The lowest BCUT2D eigenvalue weighted by atomic mass is 10.2. The van der Waals surface area contributed by atoms with Crippen molar-refractivity contribution >= 4 is 5.91 Å².